The number of amides is 1. The first-order valence-electron chi connectivity index (χ1n) is 6.48. The molecule has 2 unspecified atom stereocenters. The second-order valence-corrected chi connectivity index (χ2v) is 4.42. The van der Waals surface area contributed by atoms with Crippen LogP contribution in [0.25, 0.3) is 0 Å². The molecule has 6 nitrogen and oxygen atoms in total. The van der Waals surface area contributed by atoms with Crippen molar-refractivity contribution in [2.24, 2.45) is 0 Å². The summed E-state index contributed by atoms with van der Waals surface area (Å²) in [7, 11) is 0. The van der Waals surface area contributed by atoms with Crippen molar-refractivity contribution in [1.82, 2.24) is 5.32 Å². The highest BCUT2D eigenvalue weighted by molar-refractivity contribution is 5.72. The van der Waals surface area contributed by atoms with E-state index in [2.05, 4.69) is 5.32 Å². The first kappa shape index (κ1) is 16.4. The van der Waals surface area contributed by atoms with Crippen LogP contribution in [-0.4, -0.2) is 47.1 Å². The van der Waals surface area contributed by atoms with Crippen molar-refractivity contribution < 1.29 is 24.9 Å². The Balaban J connectivity index is 2.49. The van der Waals surface area contributed by atoms with Crippen LogP contribution in [0.3, 0.4) is 0 Å². The standard InChI is InChI=1S/C14H21NO5/c1-10(17)15-7-6-13(18)14(19)11-2-4-12(5-3-11)20-9-8-16/h2-5,13-14,16,18-19H,6-9H2,1H3,(H,15,17). The van der Waals surface area contributed by atoms with E-state index >= 15 is 0 Å². The summed E-state index contributed by atoms with van der Waals surface area (Å²) >= 11 is 0. The van der Waals surface area contributed by atoms with Gasteiger partial charge in [-0.05, 0) is 24.1 Å². The number of rotatable bonds is 8. The Kier molecular flexibility index (Phi) is 7.00. The Morgan fingerprint density at radius 2 is 1.95 bits per heavy atom. The van der Waals surface area contributed by atoms with Crippen molar-refractivity contribution >= 4 is 5.91 Å². The lowest BCUT2D eigenvalue weighted by atomic mass is 10.0. The fourth-order valence-electron chi connectivity index (χ4n) is 1.70. The van der Waals surface area contributed by atoms with Gasteiger partial charge in [0.25, 0.3) is 0 Å². The molecule has 1 aromatic rings. The minimum atomic E-state index is -1.02. The monoisotopic (exact) mass is 283 g/mol. The summed E-state index contributed by atoms with van der Waals surface area (Å²) in [6.45, 7) is 1.85. The lowest BCUT2D eigenvalue weighted by Gasteiger charge is -2.18. The van der Waals surface area contributed by atoms with Gasteiger partial charge in [0.2, 0.25) is 5.91 Å². The highest BCUT2D eigenvalue weighted by Crippen LogP contribution is 2.21. The molecule has 0 fully saturated rings. The Labute approximate surface area is 118 Å². The summed E-state index contributed by atoms with van der Waals surface area (Å²) in [5, 5.41) is 31.0. The van der Waals surface area contributed by atoms with Crippen molar-refractivity contribution in [2.75, 3.05) is 19.8 Å². The normalized spacial score (nSPS) is 13.6. The number of carbonyl (C=O) groups excluding carboxylic acids is 1. The summed E-state index contributed by atoms with van der Waals surface area (Å²) in [5.41, 5.74) is 0.566. The number of aliphatic hydroxyl groups excluding tert-OH is 3. The molecule has 1 aromatic carbocycles. The van der Waals surface area contributed by atoms with Crippen LogP contribution in [0, 0.1) is 0 Å². The molecular formula is C14H21NO5. The van der Waals surface area contributed by atoms with E-state index in [0.29, 0.717) is 17.9 Å². The molecule has 1 amide bonds. The first-order valence-corrected chi connectivity index (χ1v) is 6.48. The van der Waals surface area contributed by atoms with Crippen LogP contribution in [-0.2, 0) is 4.79 Å². The number of hydrogen-bond donors (Lipinski definition) is 4. The maximum atomic E-state index is 10.7. The molecule has 6 heteroatoms. The molecule has 0 aliphatic carbocycles. The predicted octanol–water partition coefficient (Wildman–Crippen LogP) is -0.0218. The van der Waals surface area contributed by atoms with E-state index in [4.69, 9.17) is 9.84 Å². The second kappa shape index (κ2) is 8.52. The van der Waals surface area contributed by atoms with Crippen LogP contribution >= 0.6 is 0 Å². The van der Waals surface area contributed by atoms with Gasteiger partial charge in [0.05, 0.1) is 12.7 Å². The largest absolute Gasteiger partial charge is 0.491 e. The lowest BCUT2D eigenvalue weighted by molar-refractivity contribution is -0.119. The highest BCUT2D eigenvalue weighted by atomic mass is 16.5. The van der Waals surface area contributed by atoms with Crippen molar-refractivity contribution in [1.29, 1.82) is 0 Å². The zero-order valence-corrected chi connectivity index (χ0v) is 11.5. The van der Waals surface area contributed by atoms with E-state index in [0.717, 1.165) is 0 Å². The molecule has 20 heavy (non-hydrogen) atoms. The topological polar surface area (TPSA) is 99.0 Å². The lowest BCUT2D eigenvalue weighted by Crippen LogP contribution is -2.27. The second-order valence-electron chi connectivity index (χ2n) is 4.42. The molecule has 0 heterocycles. The molecule has 4 N–H and O–H groups in total. The number of ether oxygens (including phenoxy) is 1. The summed E-state index contributed by atoms with van der Waals surface area (Å²) in [4.78, 5) is 10.7. The van der Waals surface area contributed by atoms with E-state index < -0.39 is 12.2 Å². The van der Waals surface area contributed by atoms with Gasteiger partial charge in [0.15, 0.2) is 0 Å². The number of hydrogen-bond acceptors (Lipinski definition) is 5. The third-order valence-corrected chi connectivity index (χ3v) is 2.76. The van der Waals surface area contributed by atoms with Crippen LogP contribution in [0.4, 0.5) is 0 Å². The average Bonchev–Trinajstić information content (AvgIpc) is 2.44. The van der Waals surface area contributed by atoms with Gasteiger partial charge in [0, 0.05) is 13.5 Å². The minimum absolute atomic E-state index is 0.0633. The number of aliphatic hydroxyl groups is 3. The van der Waals surface area contributed by atoms with Gasteiger partial charge in [-0.1, -0.05) is 12.1 Å². The zero-order chi connectivity index (χ0) is 15.0. The Hall–Kier alpha value is -1.63. The van der Waals surface area contributed by atoms with Gasteiger partial charge in [-0.25, -0.2) is 0 Å². The van der Waals surface area contributed by atoms with Crippen LogP contribution in [0.1, 0.15) is 25.0 Å². The average molecular weight is 283 g/mol. The van der Waals surface area contributed by atoms with E-state index in [1.165, 1.54) is 6.92 Å². The molecule has 0 aliphatic heterocycles. The van der Waals surface area contributed by atoms with E-state index in [1.807, 2.05) is 0 Å². The molecule has 112 valence electrons. The first-order chi connectivity index (χ1) is 9.54. The Morgan fingerprint density at radius 1 is 1.30 bits per heavy atom. The summed E-state index contributed by atoms with van der Waals surface area (Å²) in [6.07, 6.45) is -1.70. The molecule has 0 spiro atoms. The van der Waals surface area contributed by atoms with Crippen LogP contribution in [0.15, 0.2) is 24.3 Å². The molecule has 0 aromatic heterocycles. The molecule has 0 radical (unpaired) electrons. The van der Waals surface area contributed by atoms with Gasteiger partial charge in [0.1, 0.15) is 18.5 Å². The third-order valence-electron chi connectivity index (χ3n) is 2.76. The van der Waals surface area contributed by atoms with Crippen molar-refractivity contribution in [2.45, 2.75) is 25.6 Å². The number of benzene rings is 1. The molecule has 0 bridgehead atoms. The zero-order valence-electron chi connectivity index (χ0n) is 11.5. The van der Waals surface area contributed by atoms with Crippen LogP contribution in [0.5, 0.6) is 5.75 Å². The van der Waals surface area contributed by atoms with Crippen LogP contribution in [0.2, 0.25) is 0 Å². The maximum Gasteiger partial charge on any atom is 0.216 e. The van der Waals surface area contributed by atoms with Crippen molar-refractivity contribution in [3.05, 3.63) is 29.8 Å². The Bertz CT molecular complexity index is 407. The molecular weight excluding hydrogens is 262 g/mol. The summed E-state index contributed by atoms with van der Waals surface area (Å²) in [6, 6.07) is 6.63. The predicted molar refractivity (Wildman–Crippen MR) is 73.3 cm³/mol. The maximum absolute atomic E-state index is 10.7. The third kappa shape index (κ3) is 5.56. The number of carbonyl (C=O) groups is 1. The fraction of sp³-hybridized carbons (Fsp3) is 0.500. The van der Waals surface area contributed by atoms with E-state index in [1.54, 1.807) is 24.3 Å². The van der Waals surface area contributed by atoms with Crippen molar-refractivity contribution in [3.63, 3.8) is 0 Å². The molecule has 0 aliphatic rings. The van der Waals surface area contributed by atoms with Crippen LogP contribution < -0.4 is 10.1 Å². The quantitative estimate of drug-likeness (QED) is 0.537. The van der Waals surface area contributed by atoms with Gasteiger partial charge in [-0.15, -0.1) is 0 Å². The number of nitrogens with one attached hydrogen (secondary N) is 1. The van der Waals surface area contributed by atoms with Gasteiger partial charge >= 0.3 is 0 Å². The smallest absolute Gasteiger partial charge is 0.216 e. The molecule has 0 saturated carbocycles. The molecule has 2 atom stereocenters. The van der Waals surface area contributed by atoms with Gasteiger partial charge in [-0.2, -0.15) is 0 Å². The summed E-state index contributed by atoms with van der Waals surface area (Å²) in [5.74, 6) is 0.416. The minimum Gasteiger partial charge on any atom is -0.491 e. The van der Waals surface area contributed by atoms with E-state index in [-0.39, 0.29) is 25.5 Å². The summed E-state index contributed by atoms with van der Waals surface area (Å²) < 4.78 is 5.20. The highest BCUT2D eigenvalue weighted by Gasteiger charge is 2.18. The van der Waals surface area contributed by atoms with Crippen molar-refractivity contribution in [3.8, 4) is 5.75 Å². The fourth-order valence-corrected chi connectivity index (χ4v) is 1.70. The van der Waals surface area contributed by atoms with Gasteiger partial charge in [-0.3, -0.25) is 4.79 Å². The van der Waals surface area contributed by atoms with Gasteiger partial charge < -0.3 is 25.4 Å². The van der Waals surface area contributed by atoms with E-state index in [9.17, 15) is 15.0 Å². The molecule has 0 saturated heterocycles. The Morgan fingerprint density at radius 3 is 2.50 bits per heavy atom. The SMILES string of the molecule is CC(=O)NCCC(O)C(O)c1ccc(OCCO)cc1. The molecule has 1 rings (SSSR count).